The van der Waals surface area contributed by atoms with Crippen LogP contribution in [0.1, 0.15) is 202 Å². The molecule has 0 spiro atoms. The Hall–Kier alpha value is -12.7. The third kappa shape index (κ3) is 36.6. The molecule has 0 aliphatic heterocycles. The monoisotopic (exact) mass is 2060 g/mol. The summed E-state index contributed by atoms with van der Waals surface area (Å²) in [6.07, 6.45) is 9.05. The normalized spacial score (nSPS) is 10.8. The van der Waals surface area contributed by atoms with Crippen LogP contribution in [-0.4, -0.2) is 85.4 Å². The molecule has 766 valence electrons. The van der Waals surface area contributed by atoms with Crippen LogP contribution in [0.2, 0.25) is 0 Å². The zero-order valence-electron chi connectivity index (χ0n) is 87.6. The lowest BCUT2D eigenvalue weighted by atomic mass is 10.0. The first-order chi connectivity index (χ1) is 69.5. The van der Waals surface area contributed by atoms with Crippen LogP contribution in [0.15, 0.2) is 218 Å². The van der Waals surface area contributed by atoms with E-state index in [1.807, 2.05) is 116 Å². The molecule has 144 heavy (non-hydrogen) atoms. The number of aliphatic hydroxyl groups is 1. The second-order valence-corrected chi connectivity index (χ2v) is 36.4. The Kier molecular flexibility index (Phi) is 49.8. The van der Waals surface area contributed by atoms with E-state index in [9.17, 15) is 5.11 Å². The lowest BCUT2D eigenvalue weighted by Gasteiger charge is -2.18. The number of aryl methyl sites for hydroxylation is 15. The standard InChI is InChI=1S/C21H25NO2S.C20H25NO3S.C20H25NO2S.C19H23NO3S.2C19H23NO2S/c1-4-15-12-14(2)8-11-20(15)24-13-18-17(16-9-10-16)6-5-7-19(18)22-21(25)23-3;1-5-15-12-14(3)10-11-18(15)24-13-16-17(21-20(25)22-4)8-7-9-19(16)23-6-2;1-5-15-8-7-9-18(21-20(24)22-4)17(15)13-23-19-11-10-14(3)12-16(19)6-2;1-4-14-10-13(2)8-9-18(14)23-12-16-15(11-21)6-5-7-17(16)20-19(24)22-3;2*1-5-15-11-13(2)9-10-18(15)22-12-16-14(3)7-6-8-17(16)20-19(23)21-4/h5-8,11-12,16H,4,9-10,13H2,1-3H3,(H,22,25);7-12H,5-6,13H2,1-4H3,(H,21,25);7-12H,5-6,13H2,1-4H3,(H,21,24);5-10,21H,4,11-12H2,1-3H3,(H,20,24);2*6-11H,5,12H2,1-4H3,(H,20,23). The Bertz CT molecular complexity index is 6000. The van der Waals surface area contributed by atoms with Crippen molar-refractivity contribution in [3.63, 3.8) is 0 Å². The summed E-state index contributed by atoms with van der Waals surface area (Å²) in [5.74, 6) is 6.92. The molecule has 0 heterocycles. The quantitative estimate of drug-likeness (QED) is 0.0184. The number of aliphatic hydroxyl groups excluding tert-OH is 1. The lowest BCUT2D eigenvalue weighted by Crippen LogP contribution is -2.14. The molecule has 0 bridgehead atoms. The van der Waals surface area contributed by atoms with E-state index in [0.29, 0.717) is 78.0 Å². The number of nitrogens with one attached hydrogen (secondary N) is 6. The van der Waals surface area contributed by atoms with Gasteiger partial charge in [-0.05, 0) is 339 Å². The third-order valence-corrected chi connectivity index (χ3v) is 25.5. The van der Waals surface area contributed by atoms with E-state index >= 15 is 0 Å². The molecule has 12 aromatic carbocycles. The topological polar surface area (TPSA) is 212 Å². The van der Waals surface area contributed by atoms with Gasteiger partial charge in [-0.3, -0.25) is 0 Å². The Morgan fingerprint density at radius 1 is 0.250 bits per heavy atom. The molecule has 0 amide bonds. The number of ether oxygens (including phenoxy) is 13. The number of benzene rings is 12. The minimum atomic E-state index is -0.0670. The van der Waals surface area contributed by atoms with Crippen molar-refractivity contribution in [1.82, 2.24) is 0 Å². The summed E-state index contributed by atoms with van der Waals surface area (Å²) < 4.78 is 72.8. The molecule has 26 heteroatoms. The van der Waals surface area contributed by atoms with Crippen LogP contribution >= 0.6 is 73.3 Å². The van der Waals surface area contributed by atoms with Crippen LogP contribution in [0.4, 0.5) is 34.1 Å². The Morgan fingerprint density at radius 3 is 0.750 bits per heavy atom. The minimum absolute atomic E-state index is 0.0670. The van der Waals surface area contributed by atoms with Crippen molar-refractivity contribution in [2.24, 2.45) is 0 Å². The van der Waals surface area contributed by atoms with Crippen molar-refractivity contribution in [2.75, 3.05) is 81.2 Å². The van der Waals surface area contributed by atoms with Gasteiger partial charge in [0.1, 0.15) is 79.9 Å². The highest BCUT2D eigenvalue weighted by molar-refractivity contribution is 7.81. The van der Waals surface area contributed by atoms with Crippen LogP contribution in [0, 0.1) is 55.4 Å². The highest BCUT2D eigenvalue weighted by Gasteiger charge is 2.28. The molecule has 0 radical (unpaired) electrons. The molecular formula is C118H144N6O14S6. The number of thiocarbonyl (C=S) groups is 6. The van der Waals surface area contributed by atoms with Gasteiger partial charge in [-0.15, -0.1) is 0 Å². The summed E-state index contributed by atoms with van der Waals surface area (Å²) in [6, 6.07) is 73.5. The second kappa shape index (κ2) is 61.5. The summed E-state index contributed by atoms with van der Waals surface area (Å²) in [5.41, 5.74) is 32.0. The van der Waals surface area contributed by atoms with Gasteiger partial charge in [0.05, 0.1) is 67.1 Å². The van der Waals surface area contributed by atoms with Crippen molar-refractivity contribution in [1.29, 1.82) is 0 Å². The van der Waals surface area contributed by atoms with Gasteiger partial charge >= 0.3 is 0 Å². The number of hydrogen-bond acceptors (Lipinski definition) is 20. The average molecular weight is 2060 g/mol. The van der Waals surface area contributed by atoms with Crippen LogP contribution in [0.3, 0.4) is 0 Å². The van der Waals surface area contributed by atoms with Gasteiger partial charge in [0.2, 0.25) is 0 Å². The van der Waals surface area contributed by atoms with E-state index in [0.717, 1.165) is 164 Å². The molecule has 1 aliphatic rings. The van der Waals surface area contributed by atoms with Crippen molar-refractivity contribution in [3.05, 3.63) is 346 Å². The Labute approximate surface area is 887 Å². The van der Waals surface area contributed by atoms with Crippen molar-refractivity contribution in [3.8, 4) is 40.2 Å². The zero-order valence-corrected chi connectivity index (χ0v) is 92.5. The molecule has 0 unspecified atom stereocenters. The predicted octanol–water partition coefficient (Wildman–Crippen LogP) is 28.8. The average Bonchev–Trinajstić information content (AvgIpc) is 1.64. The van der Waals surface area contributed by atoms with Crippen LogP contribution in [0.5, 0.6) is 40.2 Å². The van der Waals surface area contributed by atoms with Gasteiger partial charge in [0.15, 0.2) is 0 Å². The maximum Gasteiger partial charge on any atom is 0.260 e. The van der Waals surface area contributed by atoms with E-state index in [2.05, 4.69) is 245 Å². The molecule has 20 nitrogen and oxygen atoms in total. The van der Waals surface area contributed by atoms with Crippen LogP contribution in [-0.2, 0) is 120 Å². The van der Waals surface area contributed by atoms with Gasteiger partial charge in [-0.25, -0.2) is 0 Å². The third-order valence-electron chi connectivity index (χ3n) is 23.9. The van der Waals surface area contributed by atoms with Gasteiger partial charge < -0.3 is 98.6 Å². The largest absolute Gasteiger partial charge is 0.493 e. The minimum Gasteiger partial charge on any atom is -0.493 e. The highest BCUT2D eigenvalue weighted by atomic mass is 32.1. The van der Waals surface area contributed by atoms with E-state index in [1.54, 1.807) is 28.4 Å². The van der Waals surface area contributed by atoms with Gasteiger partial charge in [0, 0.05) is 56.3 Å². The Balaban J connectivity index is 0.000000211. The van der Waals surface area contributed by atoms with E-state index in [-0.39, 0.29) is 11.8 Å². The summed E-state index contributed by atoms with van der Waals surface area (Å²) in [5, 5.41) is 30.3. The number of hydrogen-bond donors (Lipinski definition) is 7. The number of methoxy groups -OCH3 is 6. The fourth-order valence-electron chi connectivity index (χ4n) is 15.7. The molecule has 0 saturated heterocycles. The molecule has 1 saturated carbocycles. The molecule has 1 aliphatic carbocycles. The van der Waals surface area contributed by atoms with Crippen molar-refractivity contribution < 1.29 is 66.7 Å². The summed E-state index contributed by atoms with van der Waals surface area (Å²) in [4.78, 5) is 0. The molecule has 0 aromatic heterocycles. The summed E-state index contributed by atoms with van der Waals surface area (Å²) in [6.45, 7) is 36.8. The summed E-state index contributed by atoms with van der Waals surface area (Å²) >= 11 is 30.7. The number of anilines is 6. The van der Waals surface area contributed by atoms with Gasteiger partial charge in [0.25, 0.3) is 31.0 Å². The molecular weight excluding hydrogens is 1920 g/mol. The maximum atomic E-state index is 9.62. The first-order valence-corrected chi connectivity index (χ1v) is 51.2. The fourth-order valence-corrected chi connectivity index (χ4v) is 16.4. The van der Waals surface area contributed by atoms with E-state index in [4.69, 9.17) is 135 Å². The van der Waals surface area contributed by atoms with Crippen LogP contribution < -0.4 is 65.1 Å². The molecule has 1 fully saturated rings. The molecule has 12 aromatic rings. The van der Waals surface area contributed by atoms with Crippen molar-refractivity contribution >= 4 is 138 Å². The van der Waals surface area contributed by atoms with E-state index in [1.165, 1.54) is 111 Å². The first-order valence-electron chi connectivity index (χ1n) is 48.8. The molecule has 13 rings (SSSR count). The van der Waals surface area contributed by atoms with E-state index < -0.39 is 0 Å². The fraction of sp³-hybridized carbons (Fsp3) is 0.339. The smallest absolute Gasteiger partial charge is 0.260 e. The van der Waals surface area contributed by atoms with Gasteiger partial charge in [-0.2, -0.15) is 0 Å². The lowest BCUT2D eigenvalue weighted by molar-refractivity contribution is 0.269. The predicted molar refractivity (Wildman–Crippen MR) is 615 cm³/mol. The Morgan fingerprint density at radius 2 is 0.479 bits per heavy atom. The second-order valence-electron chi connectivity index (χ2n) is 34.2. The molecule has 0 atom stereocenters. The summed E-state index contributed by atoms with van der Waals surface area (Å²) in [7, 11) is 9.31. The number of rotatable bonds is 35. The van der Waals surface area contributed by atoms with Gasteiger partial charge in [-0.1, -0.05) is 221 Å². The SMILES string of the molecule is CCOc1cccc(NC(=S)OC)c1COc1ccc(C)cc1CC.CCc1cc(C)ccc1OCc1c(C)cccc1NC(=S)OC.CCc1cc(C)ccc1OCc1c(C)cccc1NC(=S)OC.CCc1cc(C)ccc1OCc1c(CC)cccc1NC(=S)OC.CCc1cc(C)ccc1OCc1c(CO)cccc1NC(=S)OC.CCc1cc(C)ccc1OCc1c(NC(=S)OC)cccc1C1CC1. The molecule has 7 N–H and O–H groups in total. The maximum absolute atomic E-state index is 9.62. The highest BCUT2D eigenvalue weighted by Crippen LogP contribution is 2.44. The first kappa shape index (κ1) is 117. The van der Waals surface area contributed by atoms with Crippen molar-refractivity contribution in [2.45, 2.75) is 221 Å². The zero-order chi connectivity index (χ0) is 105. The van der Waals surface area contributed by atoms with Crippen LogP contribution in [0.25, 0.3) is 0 Å².